The summed E-state index contributed by atoms with van der Waals surface area (Å²) in [5.41, 5.74) is 2.74. The Morgan fingerprint density at radius 2 is 2.11 bits per heavy atom. The first-order valence-corrected chi connectivity index (χ1v) is 7.41. The highest BCUT2D eigenvalue weighted by Gasteiger charge is 2.23. The Kier molecular flexibility index (Phi) is 3.83. The van der Waals surface area contributed by atoms with Crippen LogP contribution in [-0.4, -0.2) is 29.9 Å². The molecule has 0 spiro atoms. The van der Waals surface area contributed by atoms with Gasteiger partial charge < -0.3 is 10.2 Å². The van der Waals surface area contributed by atoms with E-state index in [-0.39, 0.29) is 0 Å². The molecule has 0 bridgehead atoms. The minimum Gasteiger partial charge on any atom is -0.338 e. The number of amides is 1. The van der Waals surface area contributed by atoms with E-state index in [0.29, 0.717) is 18.4 Å². The van der Waals surface area contributed by atoms with Crippen LogP contribution in [0.1, 0.15) is 36.8 Å². The van der Waals surface area contributed by atoms with Crippen molar-refractivity contribution in [1.29, 1.82) is 0 Å². The standard InChI is InChI=1S/C16H22N2O/c19-16(11-15-8-3-9-17-15)18-10-4-7-13-5-1-2-6-14(13)12-18/h1-2,5-6,15,17H,3-4,7-12H2. The maximum atomic E-state index is 12.4. The largest absolute Gasteiger partial charge is 0.338 e. The predicted octanol–water partition coefficient (Wildman–Crippen LogP) is 2.10. The van der Waals surface area contributed by atoms with Crippen LogP contribution in [0.3, 0.4) is 0 Å². The molecule has 3 heteroatoms. The number of benzene rings is 1. The number of carbonyl (C=O) groups is 1. The van der Waals surface area contributed by atoms with Crippen LogP contribution in [-0.2, 0) is 17.8 Å². The van der Waals surface area contributed by atoms with Gasteiger partial charge in [0.05, 0.1) is 0 Å². The SMILES string of the molecule is O=C(CC1CCCN1)N1CCCc2ccccc2C1. The summed E-state index contributed by atoms with van der Waals surface area (Å²) in [4.78, 5) is 14.5. The molecular weight excluding hydrogens is 236 g/mol. The molecule has 2 heterocycles. The minimum atomic E-state index is 0.316. The summed E-state index contributed by atoms with van der Waals surface area (Å²) >= 11 is 0. The van der Waals surface area contributed by atoms with Gasteiger partial charge in [-0.1, -0.05) is 24.3 Å². The third kappa shape index (κ3) is 2.98. The quantitative estimate of drug-likeness (QED) is 0.881. The summed E-state index contributed by atoms with van der Waals surface area (Å²) in [6.45, 7) is 2.77. The molecule has 0 radical (unpaired) electrons. The fraction of sp³-hybridized carbons (Fsp3) is 0.562. The monoisotopic (exact) mass is 258 g/mol. The Morgan fingerprint density at radius 3 is 2.89 bits per heavy atom. The average Bonchev–Trinajstić information content (AvgIpc) is 2.82. The van der Waals surface area contributed by atoms with Crippen LogP contribution >= 0.6 is 0 Å². The van der Waals surface area contributed by atoms with E-state index in [1.54, 1.807) is 0 Å². The first-order chi connectivity index (χ1) is 9.33. The van der Waals surface area contributed by atoms with E-state index < -0.39 is 0 Å². The molecule has 102 valence electrons. The molecular formula is C16H22N2O. The number of aryl methyl sites for hydroxylation is 1. The first kappa shape index (κ1) is 12.7. The van der Waals surface area contributed by atoms with E-state index in [2.05, 4.69) is 29.6 Å². The molecule has 1 fully saturated rings. The summed E-state index contributed by atoms with van der Waals surface area (Å²) in [6, 6.07) is 8.94. The fourth-order valence-electron chi connectivity index (χ4n) is 3.18. The van der Waals surface area contributed by atoms with Crippen molar-refractivity contribution in [2.24, 2.45) is 0 Å². The van der Waals surface area contributed by atoms with Crippen LogP contribution in [0.5, 0.6) is 0 Å². The van der Waals surface area contributed by atoms with Crippen LogP contribution in [0.15, 0.2) is 24.3 Å². The second-order valence-electron chi connectivity index (χ2n) is 5.68. The predicted molar refractivity (Wildman–Crippen MR) is 75.8 cm³/mol. The molecule has 1 aromatic carbocycles. The second-order valence-corrected chi connectivity index (χ2v) is 5.68. The summed E-state index contributed by atoms with van der Waals surface area (Å²) in [6.07, 6.45) is 5.21. The van der Waals surface area contributed by atoms with Crippen molar-refractivity contribution in [3.8, 4) is 0 Å². The molecule has 1 aromatic rings. The smallest absolute Gasteiger partial charge is 0.224 e. The van der Waals surface area contributed by atoms with Gasteiger partial charge in [-0.2, -0.15) is 0 Å². The van der Waals surface area contributed by atoms with Crippen LogP contribution in [0, 0.1) is 0 Å². The Hall–Kier alpha value is -1.35. The molecule has 1 unspecified atom stereocenters. The average molecular weight is 258 g/mol. The zero-order valence-electron chi connectivity index (χ0n) is 11.4. The van der Waals surface area contributed by atoms with E-state index in [1.165, 1.54) is 17.5 Å². The number of fused-ring (bicyclic) bond motifs is 1. The molecule has 2 aliphatic rings. The van der Waals surface area contributed by atoms with Crippen molar-refractivity contribution < 1.29 is 4.79 Å². The lowest BCUT2D eigenvalue weighted by atomic mass is 10.0. The first-order valence-electron chi connectivity index (χ1n) is 7.41. The molecule has 3 nitrogen and oxygen atoms in total. The minimum absolute atomic E-state index is 0.316. The fourth-order valence-corrected chi connectivity index (χ4v) is 3.18. The zero-order chi connectivity index (χ0) is 13.1. The highest BCUT2D eigenvalue weighted by molar-refractivity contribution is 5.77. The second kappa shape index (κ2) is 5.74. The van der Waals surface area contributed by atoms with Crippen molar-refractivity contribution in [3.63, 3.8) is 0 Å². The molecule has 1 amide bonds. The molecule has 19 heavy (non-hydrogen) atoms. The number of nitrogens with zero attached hydrogens (tertiary/aromatic N) is 1. The number of carbonyl (C=O) groups excluding carboxylic acids is 1. The Bertz CT molecular complexity index is 452. The molecule has 1 atom stereocenters. The van der Waals surface area contributed by atoms with Gasteiger partial charge in [0, 0.05) is 25.6 Å². The molecule has 0 saturated carbocycles. The van der Waals surface area contributed by atoms with E-state index in [9.17, 15) is 4.79 Å². The molecule has 2 aliphatic heterocycles. The van der Waals surface area contributed by atoms with Gasteiger partial charge in [-0.05, 0) is 43.4 Å². The summed E-state index contributed by atoms with van der Waals surface area (Å²) in [5, 5.41) is 3.41. The molecule has 0 aliphatic carbocycles. The van der Waals surface area contributed by atoms with Crippen molar-refractivity contribution in [2.75, 3.05) is 13.1 Å². The van der Waals surface area contributed by atoms with Crippen molar-refractivity contribution in [1.82, 2.24) is 10.2 Å². The zero-order valence-corrected chi connectivity index (χ0v) is 11.4. The van der Waals surface area contributed by atoms with Crippen molar-refractivity contribution >= 4 is 5.91 Å². The van der Waals surface area contributed by atoms with Gasteiger partial charge >= 0.3 is 0 Å². The van der Waals surface area contributed by atoms with Crippen LogP contribution in [0.2, 0.25) is 0 Å². The van der Waals surface area contributed by atoms with E-state index in [0.717, 1.165) is 38.9 Å². The van der Waals surface area contributed by atoms with Gasteiger partial charge in [-0.25, -0.2) is 0 Å². The molecule has 0 aromatic heterocycles. The van der Waals surface area contributed by atoms with Crippen LogP contribution in [0.4, 0.5) is 0 Å². The topological polar surface area (TPSA) is 32.3 Å². The van der Waals surface area contributed by atoms with Gasteiger partial charge in [0.2, 0.25) is 5.91 Å². The van der Waals surface area contributed by atoms with E-state index in [1.807, 2.05) is 4.90 Å². The molecule has 1 N–H and O–H groups in total. The van der Waals surface area contributed by atoms with Gasteiger partial charge in [-0.15, -0.1) is 0 Å². The lowest BCUT2D eigenvalue weighted by Gasteiger charge is -2.22. The summed E-state index contributed by atoms with van der Waals surface area (Å²) < 4.78 is 0. The maximum absolute atomic E-state index is 12.4. The summed E-state index contributed by atoms with van der Waals surface area (Å²) in [7, 11) is 0. The van der Waals surface area contributed by atoms with Crippen LogP contribution < -0.4 is 5.32 Å². The third-order valence-electron chi connectivity index (χ3n) is 4.29. The maximum Gasteiger partial charge on any atom is 0.224 e. The highest BCUT2D eigenvalue weighted by Crippen LogP contribution is 2.20. The molecule has 1 saturated heterocycles. The Morgan fingerprint density at radius 1 is 1.26 bits per heavy atom. The lowest BCUT2D eigenvalue weighted by Crippen LogP contribution is -2.35. The lowest BCUT2D eigenvalue weighted by molar-refractivity contribution is -0.132. The number of hydrogen-bond donors (Lipinski definition) is 1. The Balaban J connectivity index is 1.66. The van der Waals surface area contributed by atoms with Crippen molar-refractivity contribution in [3.05, 3.63) is 35.4 Å². The van der Waals surface area contributed by atoms with Gasteiger partial charge in [0.1, 0.15) is 0 Å². The normalized spacial score (nSPS) is 22.9. The molecule has 3 rings (SSSR count). The van der Waals surface area contributed by atoms with Crippen molar-refractivity contribution in [2.45, 2.75) is 44.7 Å². The van der Waals surface area contributed by atoms with E-state index >= 15 is 0 Å². The third-order valence-corrected chi connectivity index (χ3v) is 4.29. The summed E-state index contributed by atoms with van der Waals surface area (Å²) in [5.74, 6) is 0.316. The van der Waals surface area contributed by atoms with Gasteiger partial charge in [0.15, 0.2) is 0 Å². The van der Waals surface area contributed by atoms with Gasteiger partial charge in [-0.3, -0.25) is 4.79 Å². The van der Waals surface area contributed by atoms with Gasteiger partial charge in [0.25, 0.3) is 0 Å². The Labute approximate surface area is 115 Å². The number of nitrogens with one attached hydrogen (secondary N) is 1. The number of rotatable bonds is 2. The highest BCUT2D eigenvalue weighted by atomic mass is 16.2. The van der Waals surface area contributed by atoms with E-state index in [4.69, 9.17) is 0 Å². The number of hydrogen-bond acceptors (Lipinski definition) is 2. The van der Waals surface area contributed by atoms with Crippen LogP contribution in [0.25, 0.3) is 0 Å².